The molecular formula is CH2F7S-5. The first-order valence-electron chi connectivity index (χ1n) is 0.695. The lowest BCUT2D eigenvalue weighted by Crippen LogP contribution is -3.00. The second-order valence-corrected chi connectivity index (χ2v) is 0.668. The van der Waals surface area contributed by atoms with Crippen molar-refractivity contribution in [3.63, 3.8) is 0 Å². The van der Waals surface area contributed by atoms with Gasteiger partial charge in [-0.05, 0) is 0 Å². The molecule has 0 saturated heterocycles. The van der Waals surface area contributed by atoms with Crippen molar-refractivity contribution in [1.29, 1.82) is 0 Å². The van der Waals surface area contributed by atoms with Crippen molar-refractivity contribution in [2.45, 2.75) is 5.76 Å². The third-order valence-corrected chi connectivity index (χ3v) is 0. The van der Waals surface area contributed by atoms with Crippen LogP contribution >= 0.6 is 12.6 Å². The molecule has 0 unspecified atom stereocenters. The fourth-order valence-corrected chi connectivity index (χ4v) is 0. The van der Waals surface area contributed by atoms with Gasteiger partial charge in [0.15, 0.2) is 0 Å². The largest absolute Gasteiger partial charge is 1.00 e. The van der Waals surface area contributed by atoms with Gasteiger partial charge in [0.1, 0.15) is 0 Å². The Morgan fingerprint density at radius 3 is 0.778 bits per heavy atom. The van der Waals surface area contributed by atoms with Crippen LogP contribution in [0, 0.1) is 0 Å². The Kier molecular flexibility index (Phi) is 336. The van der Waals surface area contributed by atoms with Crippen LogP contribution < -0.4 is 23.5 Å². The molecule has 0 aliphatic heterocycles. The van der Waals surface area contributed by atoms with Crippen LogP contribution in [0.4, 0.5) is 8.78 Å². The molecule has 0 atom stereocenters. The summed E-state index contributed by atoms with van der Waals surface area (Å²) in [6, 6.07) is 0. The van der Waals surface area contributed by atoms with E-state index in [9.17, 15) is 8.78 Å². The van der Waals surface area contributed by atoms with Crippen molar-refractivity contribution < 1.29 is 32.3 Å². The number of rotatable bonds is 0. The first-order chi connectivity index (χ1) is 1.73. The molecule has 9 heavy (non-hydrogen) atoms. The minimum Gasteiger partial charge on any atom is -1.00 e. The van der Waals surface area contributed by atoms with E-state index in [1.807, 2.05) is 0 Å². The summed E-state index contributed by atoms with van der Waals surface area (Å²) in [4.78, 5) is 0. The SMILES string of the molecule is FC(F)S.[F-].[F-].[F-].[F-].[F-]. The molecule has 0 saturated carbocycles. The van der Waals surface area contributed by atoms with E-state index in [1.165, 1.54) is 0 Å². The second-order valence-electron chi connectivity index (χ2n) is 0.278. The molecule has 0 amide bonds. The molecule has 0 radical (unpaired) electrons. The van der Waals surface area contributed by atoms with Crippen LogP contribution in [-0.2, 0) is 0 Å². The number of hydrogen-bond acceptors (Lipinski definition) is 1. The van der Waals surface area contributed by atoms with Crippen LogP contribution in [0.3, 0.4) is 0 Å². The van der Waals surface area contributed by atoms with Crippen molar-refractivity contribution in [3.05, 3.63) is 0 Å². The Labute approximate surface area is 51.9 Å². The quantitative estimate of drug-likeness (QED) is 0.277. The van der Waals surface area contributed by atoms with Gasteiger partial charge in [-0.3, -0.25) is 0 Å². The molecule has 0 spiro atoms. The van der Waals surface area contributed by atoms with Crippen LogP contribution in [0.5, 0.6) is 0 Å². The lowest BCUT2D eigenvalue weighted by molar-refractivity contribution is -0.00100. The normalized spacial score (nSPS) is 4.00. The highest BCUT2D eigenvalue weighted by atomic mass is 32.1. The van der Waals surface area contributed by atoms with E-state index in [-0.39, 0.29) is 23.5 Å². The van der Waals surface area contributed by atoms with Gasteiger partial charge in [0.25, 0.3) is 5.76 Å². The van der Waals surface area contributed by atoms with Gasteiger partial charge in [-0.2, -0.15) is 8.78 Å². The monoisotopic (exact) mass is 179 g/mol. The third-order valence-electron chi connectivity index (χ3n) is 0. The molecule has 0 aromatic heterocycles. The summed E-state index contributed by atoms with van der Waals surface area (Å²) in [5.74, 6) is -2.47. The predicted octanol–water partition coefficient (Wildman–Crippen LogP) is -13.8. The van der Waals surface area contributed by atoms with E-state index in [0.717, 1.165) is 0 Å². The average Bonchev–Trinajstić information content (AvgIpc) is 0.811. The summed E-state index contributed by atoms with van der Waals surface area (Å²) in [5, 5.41) is 0. The minimum atomic E-state index is -2.47. The van der Waals surface area contributed by atoms with Crippen molar-refractivity contribution in [3.8, 4) is 0 Å². The maximum atomic E-state index is 10.2. The van der Waals surface area contributed by atoms with Gasteiger partial charge >= 0.3 is 0 Å². The van der Waals surface area contributed by atoms with Crippen molar-refractivity contribution in [2.75, 3.05) is 0 Å². The van der Waals surface area contributed by atoms with Crippen LogP contribution in [0.15, 0.2) is 0 Å². The highest BCUT2D eigenvalue weighted by molar-refractivity contribution is 7.80. The summed E-state index contributed by atoms with van der Waals surface area (Å²) >= 11 is 2.63. The molecule has 0 aromatic rings. The van der Waals surface area contributed by atoms with E-state index in [0.29, 0.717) is 0 Å². The van der Waals surface area contributed by atoms with Gasteiger partial charge in [0, 0.05) is 0 Å². The van der Waals surface area contributed by atoms with E-state index in [2.05, 4.69) is 12.6 Å². The van der Waals surface area contributed by atoms with Crippen molar-refractivity contribution >= 4 is 12.6 Å². The van der Waals surface area contributed by atoms with Crippen LogP contribution in [0.2, 0.25) is 0 Å². The lowest BCUT2D eigenvalue weighted by Gasteiger charge is -1.69. The number of alkyl halides is 2. The van der Waals surface area contributed by atoms with E-state index >= 15 is 0 Å². The van der Waals surface area contributed by atoms with Gasteiger partial charge in [-0.1, -0.05) is 0 Å². The first-order valence-corrected chi connectivity index (χ1v) is 1.21. The molecule has 66 valence electrons. The van der Waals surface area contributed by atoms with Crippen LogP contribution in [0.25, 0.3) is 0 Å². The minimum absolute atomic E-state index is 0. The Bertz CT molecular complexity index is 13.6. The number of hydrogen-bond donors (Lipinski definition) is 1. The number of halogens is 7. The smallest absolute Gasteiger partial charge is 0.281 e. The van der Waals surface area contributed by atoms with Crippen LogP contribution in [-0.4, -0.2) is 5.76 Å². The fourth-order valence-electron chi connectivity index (χ4n) is 0. The third kappa shape index (κ3) is 13800. The predicted molar refractivity (Wildman–Crippen MR) is 15.0 cm³/mol. The van der Waals surface area contributed by atoms with E-state index in [4.69, 9.17) is 0 Å². The van der Waals surface area contributed by atoms with E-state index < -0.39 is 5.76 Å². The number of thiol groups is 1. The second kappa shape index (κ2) is 45.2. The molecule has 0 aliphatic rings. The van der Waals surface area contributed by atoms with Crippen LogP contribution in [0.1, 0.15) is 0 Å². The Balaban J connectivity index is -0.00000000450. The van der Waals surface area contributed by atoms with Gasteiger partial charge < -0.3 is 23.5 Å². The maximum Gasteiger partial charge on any atom is 0.281 e. The summed E-state index contributed by atoms with van der Waals surface area (Å²) < 4.78 is 20.4. The average molecular weight is 179 g/mol. The van der Waals surface area contributed by atoms with Gasteiger partial charge in [-0.15, -0.1) is 12.6 Å². The van der Waals surface area contributed by atoms with Gasteiger partial charge in [0.05, 0.1) is 0 Å². The zero-order valence-electron chi connectivity index (χ0n) is 3.67. The molecule has 0 bridgehead atoms. The summed E-state index contributed by atoms with van der Waals surface area (Å²) in [6.45, 7) is 0. The summed E-state index contributed by atoms with van der Waals surface area (Å²) in [7, 11) is 0. The molecule has 8 heteroatoms. The molecule has 0 fully saturated rings. The summed E-state index contributed by atoms with van der Waals surface area (Å²) in [5.41, 5.74) is 0. The highest BCUT2D eigenvalue weighted by Gasteiger charge is 1.80. The molecule has 0 rings (SSSR count). The molecular weight excluding hydrogens is 177 g/mol. The zero-order valence-corrected chi connectivity index (χ0v) is 4.56. The topological polar surface area (TPSA) is 0 Å². The summed E-state index contributed by atoms with van der Waals surface area (Å²) in [6.07, 6.45) is 0. The first kappa shape index (κ1) is 66.9. The Morgan fingerprint density at radius 2 is 0.778 bits per heavy atom. The lowest BCUT2D eigenvalue weighted by atomic mass is 11.7. The highest BCUT2D eigenvalue weighted by Crippen LogP contribution is 1.92. The molecule has 0 N–H and O–H groups in total. The fraction of sp³-hybridized carbons (Fsp3) is 1.00. The maximum absolute atomic E-state index is 10.2. The Morgan fingerprint density at radius 1 is 0.778 bits per heavy atom. The molecule has 0 nitrogen and oxygen atoms in total. The van der Waals surface area contributed by atoms with Crippen molar-refractivity contribution in [2.24, 2.45) is 0 Å². The molecule has 0 aliphatic carbocycles. The van der Waals surface area contributed by atoms with Crippen molar-refractivity contribution in [1.82, 2.24) is 0 Å². The van der Waals surface area contributed by atoms with E-state index in [1.54, 1.807) is 0 Å². The Hall–Kier alpha value is -0.140. The zero-order chi connectivity index (χ0) is 3.58. The molecule has 0 heterocycles. The molecule has 0 aromatic carbocycles. The van der Waals surface area contributed by atoms with Gasteiger partial charge in [-0.25, -0.2) is 0 Å². The van der Waals surface area contributed by atoms with Gasteiger partial charge in [0.2, 0.25) is 0 Å². The standard InChI is InChI=1S/CH2F2S.5FH/c2-1(3)4;;;;;/h1,4H;5*1H/p-5.